The lowest BCUT2D eigenvalue weighted by atomic mass is 9.66. The first-order valence-electron chi connectivity index (χ1n) is 10.0. The molecule has 1 aliphatic carbocycles. The molecule has 1 saturated carbocycles. The molecule has 1 aliphatic heterocycles. The summed E-state index contributed by atoms with van der Waals surface area (Å²) in [6.07, 6.45) is 3.87. The molecule has 3 rings (SSSR count). The van der Waals surface area contributed by atoms with Gasteiger partial charge in [0.15, 0.2) is 0 Å². The summed E-state index contributed by atoms with van der Waals surface area (Å²) in [7, 11) is 0. The van der Waals surface area contributed by atoms with E-state index in [0.29, 0.717) is 17.9 Å². The maximum atomic E-state index is 9.61. The number of nitrogens with zero attached hydrogens (tertiary/aromatic N) is 1. The largest absolute Gasteiger partial charge is 0.396 e. The second-order valence-corrected chi connectivity index (χ2v) is 9.39. The van der Waals surface area contributed by atoms with Gasteiger partial charge in [0, 0.05) is 38.2 Å². The topological polar surface area (TPSA) is 35.5 Å². The van der Waals surface area contributed by atoms with Gasteiger partial charge in [-0.05, 0) is 48.6 Å². The molecule has 0 aromatic heterocycles. The minimum atomic E-state index is 0.278. The average Bonchev–Trinajstić information content (AvgIpc) is 3.33. The van der Waals surface area contributed by atoms with Crippen LogP contribution in [0.1, 0.15) is 45.6 Å². The SMILES string of the molecule is CC(C)(C)C1(CNCC(CO)C2CC2)CCN(Cc2ccccc2)C1. The highest BCUT2D eigenvalue weighted by Gasteiger charge is 2.46. The van der Waals surface area contributed by atoms with Gasteiger partial charge in [0.05, 0.1) is 0 Å². The summed E-state index contributed by atoms with van der Waals surface area (Å²) in [5, 5.41) is 13.4. The Morgan fingerprint density at radius 3 is 2.56 bits per heavy atom. The Bertz CT molecular complexity index is 535. The van der Waals surface area contributed by atoms with Gasteiger partial charge >= 0.3 is 0 Å². The van der Waals surface area contributed by atoms with E-state index < -0.39 is 0 Å². The van der Waals surface area contributed by atoms with Gasteiger partial charge in [0.1, 0.15) is 0 Å². The summed E-state index contributed by atoms with van der Waals surface area (Å²) < 4.78 is 0. The second-order valence-electron chi connectivity index (χ2n) is 9.39. The number of likely N-dealkylation sites (tertiary alicyclic amines) is 1. The normalized spacial score (nSPS) is 26.1. The smallest absolute Gasteiger partial charge is 0.0474 e. The zero-order valence-electron chi connectivity index (χ0n) is 16.3. The third-order valence-corrected chi connectivity index (χ3v) is 6.67. The van der Waals surface area contributed by atoms with E-state index in [2.05, 4.69) is 61.3 Å². The van der Waals surface area contributed by atoms with Gasteiger partial charge in [-0.1, -0.05) is 51.1 Å². The van der Waals surface area contributed by atoms with Gasteiger partial charge in [-0.25, -0.2) is 0 Å². The zero-order chi connectivity index (χ0) is 17.9. The lowest BCUT2D eigenvalue weighted by Crippen LogP contribution is -2.47. The average molecular weight is 345 g/mol. The monoisotopic (exact) mass is 344 g/mol. The summed E-state index contributed by atoms with van der Waals surface area (Å²) in [5.41, 5.74) is 2.00. The Balaban J connectivity index is 1.58. The van der Waals surface area contributed by atoms with Crippen molar-refractivity contribution in [1.29, 1.82) is 0 Å². The Morgan fingerprint density at radius 1 is 1.24 bits per heavy atom. The van der Waals surface area contributed by atoms with E-state index >= 15 is 0 Å². The van der Waals surface area contributed by atoms with Crippen LogP contribution in [-0.2, 0) is 6.54 Å². The van der Waals surface area contributed by atoms with Crippen LogP contribution in [0.15, 0.2) is 30.3 Å². The van der Waals surface area contributed by atoms with Crippen LogP contribution < -0.4 is 5.32 Å². The summed E-state index contributed by atoms with van der Waals surface area (Å²) >= 11 is 0. The second kappa shape index (κ2) is 7.77. The Kier molecular flexibility index (Phi) is 5.87. The zero-order valence-corrected chi connectivity index (χ0v) is 16.3. The highest BCUT2D eigenvalue weighted by molar-refractivity contribution is 5.15. The summed E-state index contributed by atoms with van der Waals surface area (Å²) in [6.45, 7) is 12.9. The number of hydrogen-bond donors (Lipinski definition) is 2. The number of aliphatic hydroxyl groups is 1. The molecule has 0 radical (unpaired) electrons. The van der Waals surface area contributed by atoms with Crippen molar-refractivity contribution >= 4 is 0 Å². The van der Waals surface area contributed by atoms with Gasteiger partial charge in [-0.2, -0.15) is 0 Å². The fourth-order valence-corrected chi connectivity index (χ4v) is 4.40. The fraction of sp³-hybridized carbons (Fsp3) is 0.727. The number of rotatable bonds is 8. The number of aliphatic hydroxyl groups excluding tert-OH is 1. The van der Waals surface area contributed by atoms with Crippen molar-refractivity contribution < 1.29 is 5.11 Å². The minimum Gasteiger partial charge on any atom is -0.396 e. The molecule has 3 nitrogen and oxygen atoms in total. The van der Waals surface area contributed by atoms with Crippen LogP contribution in [0.4, 0.5) is 0 Å². The van der Waals surface area contributed by atoms with Crippen molar-refractivity contribution in [3.8, 4) is 0 Å². The van der Waals surface area contributed by atoms with Crippen LogP contribution in [0.5, 0.6) is 0 Å². The van der Waals surface area contributed by atoms with E-state index in [9.17, 15) is 5.11 Å². The molecule has 1 aromatic rings. The van der Waals surface area contributed by atoms with E-state index in [1.54, 1.807) is 0 Å². The van der Waals surface area contributed by atoms with Crippen molar-refractivity contribution in [1.82, 2.24) is 10.2 Å². The van der Waals surface area contributed by atoms with Crippen molar-refractivity contribution in [3.63, 3.8) is 0 Å². The van der Waals surface area contributed by atoms with Crippen LogP contribution >= 0.6 is 0 Å². The lowest BCUT2D eigenvalue weighted by Gasteiger charge is -2.42. The van der Waals surface area contributed by atoms with Crippen LogP contribution in [0.3, 0.4) is 0 Å². The molecule has 1 saturated heterocycles. The first-order chi connectivity index (χ1) is 11.9. The Hall–Kier alpha value is -0.900. The Labute approximate surface area is 153 Å². The molecule has 2 N–H and O–H groups in total. The quantitative estimate of drug-likeness (QED) is 0.757. The van der Waals surface area contributed by atoms with Crippen LogP contribution in [0.2, 0.25) is 0 Å². The molecule has 1 aromatic carbocycles. The van der Waals surface area contributed by atoms with Gasteiger partial charge < -0.3 is 10.4 Å². The van der Waals surface area contributed by atoms with Crippen LogP contribution in [0, 0.1) is 22.7 Å². The predicted octanol–water partition coefficient (Wildman–Crippen LogP) is 3.53. The van der Waals surface area contributed by atoms with E-state index in [1.807, 2.05) is 0 Å². The third-order valence-electron chi connectivity index (χ3n) is 6.67. The van der Waals surface area contributed by atoms with Crippen molar-refractivity contribution in [2.24, 2.45) is 22.7 Å². The summed E-state index contributed by atoms with van der Waals surface area (Å²) in [5.74, 6) is 1.22. The van der Waals surface area contributed by atoms with Gasteiger partial charge in [0.2, 0.25) is 0 Å². The van der Waals surface area contributed by atoms with Gasteiger partial charge in [-0.3, -0.25) is 4.90 Å². The molecule has 2 aliphatic rings. The summed E-state index contributed by atoms with van der Waals surface area (Å²) in [4.78, 5) is 2.62. The minimum absolute atomic E-state index is 0.278. The summed E-state index contributed by atoms with van der Waals surface area (Å²) in [6, 6.07) is 10.8. The molecule has 0 amide bonds. The first-order valence-corrected chi connectivity index (χ1v) is 10.0. The molecule has 25 heavy (non-hydrogen) atoms. The molecule has 2 atom stereocenters. The third kappa shape index (κ3) is 4.64. The van der Waals surface area contributed by atoms with Gasteiger partial charge in [-0.15, -0.1) is 0 Å². The van der Waals surface area contributed by atoms with Gasteiger partial charge in [0.25, 0.3) is 0 Å². The molecule has 1 heterocycles. The highest BCUT2D eigenvalue weighted by Crippen LogP contribution is 2.46. The number of hydrogen-bond acceptors (Lipinski definition) is 3. The van der Waals surface area contributed by atoms with Crippen molar-refractivity contribution in [3.05, 3.63) is 35.9 Å². The predicted molar refractivity (Wildman–Crippen MR) is 104 cm³/mol. The number of nitrogens with one attached hydrogen (secondary N) is 1. The van der Waals surface area contributed by atoms with Crippen LogP contribution in [-0.4, -0.2) is 42.8 Å². The van der Waals surface area contributed by atoms with E-state index in [1.165, 1.54) is 31.4 Å². The molecule has 0 bridgehead atoms. The maximum absolute atomic E-state index is 9.61. The number of benzene rings is 1. The Morgan fingerprint density at radius 2 is 1.96 bits per heavy atom. The molecule has 0 spiro atoms. The van der Waals surface area contributed by atoms with Crippen molar-refractivity contribution in [2.75, 3.05) is 32.8 Å². The van der Waals surface area contributed by atoms with E-state index in [-0.39, 0.29) is 5.41 Å². The van der Waals surface area contributed by atoms with Crippen molar-refractivity contribution in [2.45, 2.75) is 46.6 Å². The first kappa shape index (κ1) is 18.9. The maximum Gasteiger partial charge on any atom is 0.0474 e. The highest BCUT2D eigenvalue weighted by atomic mass is 16.3. The van der Waals surface area contributed by atoms with Crippen LogP contribution in [0.25, 0.3) is 0 Å². The molecular formula is C22H36N2O. The molecule has 2 fully saturated rings. The molecule has 140 valence electrons. The standard InChI is InChI=1S/C22H36N2O/c1-21(2,3)22(16-23-13-20(15-25)19-9-10-19)11-12-24(17-22)14-18-7-5-4-6-8-18/h4-8,19-20,23,25H,9-17H2,1-3H3. The molecule has 3 heteroatoms. The lowest BCUT2D eigenvalue weighted by molar-refractivity contribution is 0.0862. The van der Waals surface area contributed by atoms with E-state index in [0.717, 1.165) is 32.1 Å². The fourth-order valence-electron chi connectivity index (χ4n) is 4.40. The van der Waals surface area contributed by atoms with E-state index in [4.69, 9.17) is 0 Å². The molecular weight excluding hydrogens is 308 g/mol. The molecule has 2 unspecified atom stereocenters.